The van der Waals surface area contributed by atoms with Gasteiger partial charge in [-0.05, 0) is 79.6 Å². The predicted octanol–water partition coefficient (Wildman–Crippen LogP) is 7.59. The monoisotopic (exact) mass is 582 g/mol. The van der Waals surface area contributed by atoms with Crippen molar-refractivity contribution < 1.29 is 53.8 Å². The molecule has 4 rings (SSSR count). The van der Waals surface area contributed by atoms with E-state index in [9.17, 15) is 49.1 Å². The summed E-state index contributed by atoms with van der Waals surface area (Å²) in [4.78, 5) is 27.2. The van der Waals surface area contributed by atoms with Crippen molar-refractivity contribution >= 4 is 18.2 Å². The van der Waals surface area contributed by atoms with Gasteiger partial charge in [-0.3, -0.25) is 9.69 Å². The summed E-state index contributed by atoms with van der Waals surface area (Å²) in [6.45, 7) is 0.764. The number of ether oxygens (including phenoxy) is 1. The van der Waals surface area contributed by atoms with E-state index in [1.165, 1.54) is 4.90 Å². The van der Waals surface area contributed by atoms with Crippen LogP contribution in [-0.4, -0.2) is 30.1 Å². The first-order valence-corrected chi connectivity index (χ1v) is 12.2. The number of fused-ring (bicyclic) bond motifs is 1. The average Bonchev–Trinajstić information content (AvgIpc) is 3.70. The van der Waals surface area contributed by atoms with Gasteiger partial charge in [-0.2, -0.15) is 39.5 Å². The van der Waals surface area contributed by atoms with Gasteiger partial charge in [0.1, 0.15) is 0 Å². The van der Waals surface area contributed by atoms with Crippen LogP contribution in [0.25, 0.3) is 0 Å². The van der Waals surface area contributed by atoms with E-state index < -0.39 is 65.5 Å². The first-order valence-electron chi connectivity index (χ1n) is 12.2. The quantitative estimate of drug-likeness (QED) is 0.261. The number of rotatable bonds is 6. The number of amides is 2. The van der Waals surface area contributed by atoms with Crippen LogP contribution in [0.3, 0.4) is 0 Å². The Bertz CT molecular complexity index is 1240. The molecule has 218 valence electrons. The van der Waals surface area contributed by atoms with Crippen molar-refractivity contribution in [2.45, 2.75) is 63.3 Å². The molecule has 0 radical (unpaired) electrons. The summed E-state index contributed by atoms with van der Waals surface area (Å²) in [6, 6.07) is 1.62. The standard InChI is InChI=1S/C26H23F9N2O3/c1-2-40-23(39)37-20-6-5-16(24(27,28)29)10-19(20)22(11-21(37)15-3-4-15)36(13-38)12-14-7-17(25(30,31)32)9-18(8-14)26(33,34)35/h5-10,13,15,21-22H,2-4,11-12H2,1H3/t21-,22-/m1/s1. The molecular weight excluding hydrogens is 559 g/mol. The van der Waals surface area contributed by atoms with E-state index in [0.29, 0.717) is 25.0 Å². The minimum Gasteiger partial charge on any atom is -0.449 e. The topological polar surface area (TPSA) is 49.9 Å². The lowest BCUT2D eigenvalue weighted by Crippen LogP contribution is -2.49. The first kappa shape index (κ1) is 29.5. The Balaban J connectivity index is 1.82. The van der Waals surface area contributed by atoms with Gasteiger partial charge in [0.15, 0.2) is 0 Å². The summed E-state index contributed by atoms with van der Waals surface area (Å²) in [5.41, 5.74) is -4.90. The summed E-state index contributed by atoms with van der Waals surface area (Å²) < 4.78 is 126. The fourth-order valence-electron chi connectivity index (χ4n) is 5.02. The molecule has 2 atom stereocenters. The van der Waals surface area contributed by atoms with E-state index in [-0.39, 0.29) is 42.7 Å². The number of carbonyl (C=O) groups is 2. The van der Waals surface area contributed by atoms with E-state index in [4.69, 9.17) is 4.74 Å². The molecule has 1 saturated carbocycles. The van der Waals surface area contributed by atoms with Gasteiger partial charge in [0.2, 0.25) is 6.41 Å². The Morgan fingerprint density at radius 2 is 1.50 bits per heavy atom. The molecule has 5 nitrogen and oxygen atoms in total. The Morgan fingerprint density at radius 3 is 1.98 bits per heavy atom. The van der Waals surface area contributed by atoms with Crippen molar-refractivity contribution in [3.8, 4) is 0 Å². The van der Waals surface area contributed by atoms with E-state index in [2.05, 4.69) is 0 Å². The number of benzene rings is 2. The maximum Gasteiger partial charge on any atom is 0.416 e. The number of carbonyl (C=O) groups excluding carboxylic acids is 2. The third-order valence-electron chi connectivity index (χ3n) is 6.95. The van der Waals surface area contributed by atoms with Gasteiger partial charge in [-0.25, -0.2) is 4.79 Å². The second-order valence-electron chi connectivity index (χ2n) is 9.69. The largest absolute Gasteiger partial charge is 0.449 e. The molecule has 0 aromatic heterocycles. The summed E-state index contributed by atoms with van der Waals surface area (Å²) in [5, 5.41) is 0. The van der Waals surface area contributed by atoms with Gasteiger partial charge in [0.05, 0.1) is 35.0 Å². The first-order chi connectivity index (χ1) is 18.5. The molecule has 1 aliphatic carbocycles. The van der Waals surface area contributed by atoms with Gasteiger partial charge in [0, 0.05) is 12.6 Å². The number of hydrogen-bond acceptors (Lipinski definition) is 3. The molecular formula is C26H23F9N2O3. The molecule has 0 bridgehead atoms. The molecule has 2 aliphatic rings. The number of anilines is 1. The normalized spacial score (nSPS) is 19.7. The fourth-order valence-corrected chi connectivity index (χ4v) is 5.02. The van der Waals surface area contributed by atoms with Crippen molar-refractivity contribution in [1.29, 1.82) is 0 Å². The Morgan fingerprint density at radius 1 is 0.925 bits per heavy atom. The van der Waals surface area contributed by atoms with Crippen LogP contribution >= 0.6 is 0 Å². The van der Waals surface area contributed by atoms with Gasteiger partial charge in [-0.15, -0.1) is 0 Å². The zero-order chi connectivity index (χ0) is 29.6. The molecule has 1 heterocycles. The van der Waals surface area contributed by atoms with Crippen LogP contribution in [0.5, 0.6) is 0 Å². The third kappa shape index (κ3) is 6.15. The number of alkyl halides is 9. The molecule has 0 spiro atoms. The van der Waals surface area contributed by atoms with Crippen LogP contribution < -0.4 is 4.90 Å². The second-order valence-corrected chi connectivity index (χ2v) is 9.69. The average molecular weight is 582 g/mol. The van der Waals surface area contributed by atoms with E-state index >= 15 is 0 Å². The molecule has 40 heavy (non-hydrogen) atoms. The van der Waals surface area contributed by atoms with Crippen LogP contribution in [0.15, 0.2) is 36.4 Å². The molecule has 0 N–H and O–H groups in total. The number of hydrogen-bond donors (Lipinski definition) is 0. The number of halogens is 9. The zero-order valence-corrected chi connectivity index (χ0v) is 20.8. The molecule has 1 aliphatic heterocycles. The highest BCUT2D eigenvalue weighted by Gasteiger charge is 2.47. The van der Waals surface area contributed by atoms with Crippen molar-refractivity contribution in [2.75, 3.05) is 11.5 Å². The van der Waals surface area contributed by atoms with Gasteiger partial charge in [0.25, 0.3) is 0 Å². The summed E-state index contributed by atoms with van der Waals surface area (Å²) in [6.07, 6.45) is -14.5. The van der Waals surface area contributed by atoms with Gasteiger partial charge in [-0.1, -0.05) is 0 Å². The van der Waals surface area contributed by atoms with Gasteiger partial charge < -0.3 is 9.64 Å². The SMILES string of the molecule is CCOC(=O)N1c2ccc(C(F)(F)F)cc2[C@H](N(C=O)Cc2cc(C(F)(F)F)cc(C(F)(F)F)c2)C[C@@H]1C1CC1. The molecule has 0 unspecified atom stereocenters. The fraction of sp³-hybridized carbons (Fsp3) is 0.462. The summed E-state index contributed by atoms with van der Waals surface area (Å²) in [7, 11) is 0. The lowest BCUT2D eigenvalue weighted by Gasteiger charge is -2.43. The van der Waals surface area contributed by atoms with E-state index in [1.807, 2.05) is 0 Å². The Hall–Kier alpha value is -3.45. The maximum atomic E-state index is 13.6. The van der Waals surface area contributed by atoms with Crippen LogP contribution in [0.1, 0.15) is 60.0 Å². The highest BCUT2D eigenvalue weighted by Crippen LogP contribution is 2.49. The van der Waals surface area contributed by atoms with Crippen LogP contribution in [-0.2, 0) is 34.6 Å². The molecule has 2 aromatic rings. The minimum absolute atomic E-state index is 0.0199. The smallest absolute Gasteiger partial charge is 0.416 e. The zero-order valence-electron chi connectivity index (χ0n) is 20.8. The lowest BCUT2D eigenvalue weighted by atomic mass is 9.86. The van der Waals surface area contributed by atoms with Gasteiger partial charge >= 0.3 is 24.6 Å². The lowest BCUT2D eigenvalue weighted by molar-refractivity contribution is -0.143. The van der Waals surface area contributed by atoms with E-state index in [1.54, 1.807) is 6.92 Å². The Kier molecular flexibility index (Phi) is 7.76. The molecule has 0 saturated heterocycles. The van der Waals surface area contributed by atoms with Crippen LogP contribution in [0.4, 0.5) is 50.0 Å². The summed E-state index contributed by atoms with van der Waals surface area (Å²) >= 11 is 0. The highest BCUT2D eigenvalue weighted by atomic mass is 19.4. The Labute approximate surface area is 222 Å². The van der Waals surface area contributed by atoms with Crippen molar-refractivity contribution in [2.24, 2.45) is 5.92 Å². The molecule has 2 aromatic carbocycles. The predicted molar refractivity (Wildman–Crippen MR) is 123 cm³/mol. The van der Waals surface area contributed by atoms with Crippen molar-refractivity contribution in [3.63, 3.8) is 0 Å². The van der Waals surface area contributed by atoms with Crippen molar-refractivity contribution in [1.82, 2.24) is 4.90 Å². The third-order valence-corrected chi connectivity index (χ3v) is 6.95. The van der Waals surface area contributed by atoms with E-state index in [0.717, 1.165) is 23.1 Å². The molecule has 2 amide bonds. The molecule has 14 heteroatoms. The second kappa shape index (κ2) is 10.5. The minimum atomic E-state index is -5.13. The summed E-state index contributed by atoms with van der Waals surface area (Å²) in [5.74, 6) is -0.0822. The maximum absolute atomic E-state index is 13.6. The number of nitrogens with zero attached hydrogens (tertiary/aromatic N) is 2. The van der Waals surface area contributed by atoms with Crippen LogP contribution in [0.2, 0.25) is 0 Å². The highest BCUT2D eigenvalue weighted by molar-refractivity contribution is 5.90. The molecule has 1 fully saturated rings. The van der Waals surface area contributed by atoms with Crippen molar-refractivity contribution in [3.05, 3.63) is 64.2 Å². The van der Waals surface area contributed by atoms with Crippen LogP contribution in [0, 0.1) is 5.92 Å².